The average molecular weight is 229 g/mol. The van der Waals surface area contributed by atoms with Crippen molar-refractivity contribution in [2.75, 3.05) is 6.54 Å². The fourth-order valence-corrected chi connectivity index (χ4v) is 3.47. The second-order valence-electron chi connectivity index (χ2n) is 5.89. The van der Waals surface area contributed by atoms with Crippen LogP contribution in [0.4, 0.5) is 0 Å². The van der Waals surface area contributed by atoms with Crippen molar-refractivity contribution in [2.45, 2.75) is 44.7 Å². The fourth-order valence-electron chi connectivity index (χ4n) is 3.47. The largest absolute Gasteiger partial charge is 0.300 e. The summed E-state index contributed by atoms with van der Waals surface area (Å²) in [6.45, 7) is 5.48. The molecule has 2 aliphatic heterocycles. The van der Waals surface area contributed by atoms with Gasteiger partial charge in [-0.05, 0) is 31.4 Å². The van der Waals surface area contributed by atoms with Crippen LogP contribution in [0.3, 0.4) is 0 Å². The molecule has 0 aromatic heterocycles. The van der Waals surface area contributed by atoms with E-state index in [9.17, 15) is 4.79 Å². The van der Waals surface area contributed by atoms with Gasteiger partial charge in [-0.1, -0.05) is 24.3 Å². The third kappa shape index (κ3) is 1.71. The van der Waals surface area contributed by atoms with Crippen LogP contribution in [0.5, 0.6) is 0 Å². The van der Waals surface area contributed by atoms with Crippen LogP contribution in [0.2, 0.25) is 0 Å². The van der Waals surface area contributed by atoms with E-state index in [1.165, 1.54) is 11.1 Å². The summed E-state index contributed by atoms with van der Waals surface area (Å²) in [6.07, 6.45) is 2.51. The lowest BCUT2D eigenvalue weighted by Crippen LogP contribution is -2.54. The zero-order chi connectivity index (χ0) is 12.0. The molecular weight excluding hydrogens is 210 g/mol. The van der Waals surface area contributed by atoms with Gasteiger partial charge in [0.1, 0.15) is 5.78 Å². The average Bonchev–Trinajstić information content (AvgIpc) is 2.27. The number of benzene rings is 1. The third-order valence-corrected chi connectivity index (χ3v) is 4.24. The molecule has 2 nitrogen and oxygen atoms in total. The smallest absolute Gasteiger partial charge is 0.136 e. The summed E-state index contributed by atoms with van der Waals surface area (Å²) in [6, 6.07) is 8.91. The number of carbonyl (C=O) groups is 1. The van der Waals surface area contributed by atoms with Crippen molar-refractivity contribution in [3.63, 3.8) is 0 Å². The molecule has 2 heterocycles. The van der Waals surface area contributed by atoms with Crippen LogP contribution in [0.25, 0.3) is 0 Å². The van der Waals surface area contributed by atoms with Crippen LogP contribution in [-0.2, 0) is 11.2 Å². The van der Waals surface area contributed by atoms with Gasteiger partial charge < -0.3 is 0 Å². The first-order valence-electron chi connectivity index (χ1n) is 6.44. The third-order valence-electron chi connectivity index (χ3n) is 4.24. The molecule has 1 unspecified atom stereocenters. The molecule has 2 aliphatic rings. The molecule has 1 saturated heterocycles. The summed E-state index contributed by atoms with van der Waals surface area (Å²) in [4.78, 5) is 14.4. The van der Waals surface area contributed by atoms with E-state index in [1.54, 1.807) is 0 Å². The number of hydrogen-bond donors (Lipinski definition) is 0. The number of nitrogens with zero attached hydrogens (tertiary/aromatic N) is 1. The summed E-state index contributed by atoms with van der Waals surface area (Å²) in [5.74, 6) is 0.410. The minimum atomic E-state index is 0.0214. The van der Waals surface area contributed by atoms with E-state index in [4.69, 9.17) is 0 Å². The monoisotopic (exact) mass is 229 g/mol. The van der Waals surface area contributed by atoms with E-state index in [1.807, 2.05) is 0 Å². The van der Waals surface area contributed by atoms with Crippen molar-refractivity contribution in [1.29, 1.82) is 0 Å². The van der Waals surface area contributed by atoms with Gasteiger partial charge in [0.05, 0.1) is 0 Å². The first kappa shape index (κ1) is 11.0. The number of piperidine rings is 1. The van der Waals surface area contributed by atoms with E-state index in [0.717, 1.165) is 13.0 Å². The number of Topliss-reactive ketones (excluding diaryl/α,β-unsaturated/α-hetero) is 1. The number of carbonyl (C=O) groups excluding carboxylic acids is 1. The highest BCUT2D eigenvalue weighted by Crippen LogP contribution is 2.42. The Morgan fingerprint density at radius 3 is 2.88 bits per heavy atom. The predicted octanol–water partition coefficient (Wildman–Crippen LogP) is 2.73. The molecule has 0 N–H and O–H groups in total. The normalized spacial score (nSPS) is 27.4. The molecule has 17 heavy (non-hydrogen) atoms. The molecule has 0 aliphatic carbocycles. The Hall–Kier alpha value is -1.15. The topological polar surface area (TPSA) is 20.3 Å². The van der Waals surface area contributed by atoms with Crippen molar-refractivity contribution in [3.8, 4) is 0 Å². The van der Waals surface area contributed by atoms with Gasteiger partial charge in [0.2, 0.25) is 0 Å². The number of ketones is 1. The number of rotatable bonds is 0. The van der Waals surface area contributed by atoms with Crippen LogP contribution in [0, 0.1) is 0 Å². The highest BCUT2D eigenvalue weighted by Gasteiger charge is 2.42. The number of fused-ring (bicyclic) bond motifs is 3. The molecule has 0 bridgehead atoms. The minimum Gasteiger partial charge on any atom is -0.300 e. The molecule has 3 rings (SSSR count). The lowest BCUT2D eigenvalue weighted by molar-refractivity contribution is -0.129. The van der Waals surface area contributed by atoms with Crippen molar-refractivity contribution >= 4 is 5.78 Å². The SMILES string of the molecule is CC1(C)CC(=O)CC2c3ccccc3CCN21. The number of hydrogen-bond acceptors (Lipinski definition) is 2. The Morgan fingerprint density at radius 1 is 1.29 bits per heavy atom. The summed E-state index contributed by atoms with van der Waals surface area (Å²) in [5, 5.41) is 0. The standard InChI is InChI=1S/C15H19NO/c1-15(2)10-12(17)9-14-13-6-4-3-5-11(13)7-8-16(14)15/h3-6,14H,7-10H2,1-2H3. The van der Waals surface area contributed by atoms with Crippen LogP contribution in [0.1, 0.15) is 43.9 Å². The van der Waals surface area contributed by atoms with Crippen LogP contribution in [0.15, 0.2) is 24.3 Å². The molecule has 1 fully saturated rings. The Labute approximate surface area is 103 Å². The lowest BCUT2D eigenvalue weighted by Gasteiger charge is -2.50. The molecule has 1 aromatic rings. The molecule has 1 atom stereocenters. The van der Waals surface area contributed by atoms with Crippen LogP contribution in [-0.4, -0.2) is 22.8 Å². The Bertz CT molecular complexity index is 464. The van der Waals surface area contributed by atoms with E-state index < -0.39 is 0 Å². The summed E-state index contributed by atoms with van der Waals surface area (Å²) >= 11 is 0. The second-order valence-corrected chi connectivity index (χ2v) is 5.89. The molecule has 0 saturated carbocycles. The van der Waals surface area contributed by atoms with E-state index in [2.05, 4.69) is 43.0 Å². The molecule has 0 spiro atoms. The lowest BCUT2D eigenvalue weighted by atomic mass is 9.79. The molecule has 0 radical (unpaired) electrons. The molecule has 2 heteroatoms. The summed E-state index contributed by atoms with van der Waals surface area (Å²) in [7, 11) is 0. The first-order chi connectivity index (χ1) is 8.08. The Balaban J connectivity index is 2.05. The maximum atomic E-state index is 11.9. The van der Waals surface area contributed by atoms with Crippen LogP contribution < -0.4 is 0 Å². The molecule has 1 aromatic carbocycles. The van der Waals surface area contributed by atoms with Gasteiger partial charge in [-0.3, -0.25) is 9.69 Å². The quantitative estimate of drug-likeness (QED) is 0.681. The zero-order valence-corrected chi connectivity index (χ0v) is 10.6. The van der Waals surface area contributed by atoms with Crippen molar-refractivity contribution < 1.29 is 4.79 Å². The highest BCUT2D eigenvalue weighted by atomic mass is 16.1. The second kappa shape index (κ2) is 3.67. The molecular formula is C15H19NO. The molecule has 90 valence electrons. The van der Waals surface area contributed by atoms with Gasteiger partial charge in [0.15, 0.2) is 0 Å². The van der Waals surface area contributed by atoms with Gasteiger partial charge in [-0.2, -0.15) is 0 Å². The zero-order valence-electron chi connectivity index (χ0n) is 10.6. The highest BCUT2D eigenvalue weighted by molar-refractivity contribution is 5.81. The van der Waals surface area contributed by atoms with Crippen molar-refractivity contribution in [1.82, 2.24) is 4.90 Å². The summed E-state index contributed by atoms with van der Waals surface area (Å²) < 4.78 is 0. The first-order valence-corrected chi connectivity index (χ1v) is 6.44. The van der Waals surface area contributed by atoms with E-state index in [-0.39, 0.29) is 5.54 Å². The molecule has 0 amide bonds. The maximum Gasteiger partial charge on any atom is 0.136 e. The fraction of sp³-hybridized carbons (Fsp3) is 0.533. The Morgan fingerprint density at radius 2 is 2.06 bits per heavy atom. The Kier molecular flexibility index (Phi) is 2.37. The van der Waals surface area contributed by atoms with Gasteiger partial charge in [-0.15, -0.1) is 0 Å². The van der Waals surface area contributed by atoms with Gasteiger partial charge in [-0.25, -0.2) is 0 Å². The van der Waals surface area contributed by atoms with Crippen LogP contribution >= 0.6 is 0 Å². The van der Waals surface area contributed by atoms with Crippen molar-refractivity contribution in [3.05, 3.63) is 35.4 Å². The summed E-state index contributed by atoms with van der Waals surface area (Å²) in [5.41, 5.74) is 2.83. The van der Waals surface area contributed by atoms with Gasteiger partial charge in [0.25, 0.3) is 0 Å². The van der Waals surface area contributed by atoms with E-state index >= 15 is 0 Å². The van der Waals surface area contributed by atoms with Gasteiger partial charge in [0, 0.05) is 31.0 Å². The van der Waals surface area contributed by atoms with Crippen molar-refractivity contribution in [2.24, 2.45) is 0 Å². The predicted molar refractivity (Wildman–Crippen MR) is 67.9 cm³/mol. The van der Waals surface area contributed by atoms with E-state index in [0.29, 0.717) is 24.7 Å². The maximum absolute atomic E-state index is 11.9. The van der Waals surface area contributed by atoms with Gasteiger partial charge >= 0.3 is 0 Å². The minimum absolute atomic E-state index is 0.0214.